The molecule has 6 nitrogen and oxygen atoms in total. The highest BCUT2D eigenvalue weighted by atomic mass is 32.1. The van der Waals surface area contributed by atoms with Crippen molar-refractivity contribution in [2.45, 2.75) is 6.61 Å². The third-order valence-corrected chi connectivity index (χ3v) is 4.48. The summed E-state index contributed by atoms with van der Waals surface area (Å²) in [6.45, 7) is -1.04. The zero-order valence-corrected chi connectivity index (χ0v) is 15.5. The van der Waals surface area contributed by atoms with Gasteiger partial charge in [-0.1, -0.05) is 6.07 Å². The van der Waals surface area contributed by atoms with Crippen LogP contribution in [0.25, 0.3) is 0 Å². The van der Waals surface area contributed by atoms with E-state index in [4.69, 9.17) is 12.2 Å². The summed E-state index contributed by atoms with van der Waals surface area (Å²) in [5, 5.41) is 3.48. The Morgan fingerprint density at radius 2 is 1.71 bits per heavy atom. The lowest BCUT2D eigenvalue weighted by Gasteiger charge is -2.36. The zero-order valence-electron chi connectivity index (χ0n) is 14.6. The van der Waals surface area contributed by atoms with E-state index in [1.165, 1.54) is 30.3 Å². The van der Waals surface area contributed by atoms with Gasteiger partial charge in [0.15, 0.2) is 5.11 Å². The summed E-state index contributed by atoms with van der Waals surface area (Å²) in [4.78, 5) is 19.5. The minimum absolute atomic E-state index is 0.0598. The summed E-state index contributed by atoms with van der Waals surface area (Å²) >= 11 is 5.37. The first-order valence-corrected chi connectivity index (χ1v) is 8.86. The van der Waals surface area contributed by atoms with E-state index in [-0.39, 0.29) is 17.4 Å². The van der Waals surface area contributed by atoms with Crippen LogP contribution in [0.15, 0.2) is 42.5 Å². The maximum absolute atomic E-state index is 13.2. The fraction of sp³-hybridized carbons (Fsp3) is 0.278. The average Bonchev–Trinajstić information content (AvgIpc) is 2.68. The van der Waals surface area contributed by atoms with Gasteiger partial charge in [0.05, 0.1) is 0 Å². The van der Waals surface area contributed by atoms with Crippen LogP contribution in [0.5, 0.6) is 5.75 Å². The Bertz CT molecular complexity index is 843. The first kappa shape index (κ1) is 19.9. The third kappa shape index (κ3) is 5.10. The summed E-state index contributed by atoms with van der Waals surface area (Å²) in [7, 11) is 0. The molecule has 148 valence electrons. The number of aromatic nitrogens is 1. The molecule has 0 saturated carbocycles. The lowest BCUT2D eigenvalue weighted by atomic mass is 10.2. The van der Waals surface area contributed by atoms with Crippen molar-refractivity contribution in [2.24, 2.45) is 0 Å². The molecule has 1 saturated heterocycles. The quantitative estimate of drug-likeness (QED) is 0.618. The van der Waals surface area contributed by atoms with Gasteiger partial charge in [-0.25, -0.2) is 4.98 Å². The Balaban J connectivity index is 1.51. The van der Waals surface area contributed by atoms with Gasteiger partial charge in [-0.3, -0.25) is 4.79 Å². The molecule has 1 N–H and O–H groups in total. The number of benzene rings is 1. The molecular weight excluding hydrogens is 393 g/mol. The van der Waals surface area contributed by atoms with Crippen LogP contribution in [0.1, 0.15) is 10.5 Å². The number of alkyl halides is 2. The Morgan fingerprint density at radius 3 is 2.32 bits per heavy atom. The SMILES string of the molecule is O=C(c1cccc(F)n1)N1CCN(C(=S)Nc2ccc(OC(F)F)cc2)CC1. The van der Waals surface area contributed by atoms with E-state index < -0.39 is 12.6 Å². The van der Waals surface area contributed by atoms with Gasteiger partial charge in [-0.15, -0.1) is 0 Å². The van der Waals surface area contributed by atoms with Crippen molar-refractivity contribution in [3.63, 3.8) is 0 Å². The second kappa shape index (κ2) is 8.87. The normalized spacial score (nSPS) is 14.1. The number of nitrogens with zero attached hydrogens (tertiary/aromatic N) is 3. The molecule has 0 bridgehead atoms. The lowest BCUT2D eigenvalue weighted by Crippen LogP contribution is -2.51. The van der Waals surface area contributed by atoms with Gasteiger partial charge in [-0.05, 0) is 48.6 Å². The van der Waals surface area contributed by atoms with Gasteiger partial charge in [0.1, 0.15) is 11.4 Å². The number of anilines is 1. The van der Waals surface area contributed by atoms with E-state index in [2.05, 4.69) is 15.0 Å². The van der Waals surface area contributed by atoms with Crippen molar-refractivity contribution in [1.82, 2.24) is 14.8 Å². The molecule has 0 atom stereocenters. The van der Waals surface area contributed by atoms with Crippen molar-refractivity contribution in [3.8, 4) is 5.75 Å². The molecule has 2 heterocycles. The second-order valence-electron chi connectivity index (χ2n) is 5.96. The fourth-order valence-electron chi connectivity index (χ4n) is 2.72. The predicted molar refractivity (Wildman–Crippen MR) is 101 cm³/mol. The van der Waals surface area contributed by atoms with Gasteiger partial charge in [0.2, 0.25) is 5.95 Å². The van der Waals surface area contributed by atoms with E-state index >= 15 is 0 Å². The number of nitrogens with one attached hydrogen (secondary N) is 1. The number of hydrogen-bond donors (Lipinski definition) is 1. The minimum atomic E-state index is -2.87. The molecule has 1 aliphatic rings. The highest BCUT2D eigenvalue weighted by Crippen LogP contribution is 2.18. The number of rotatable bonds is 4. The number of amides is 1. The van der Waals surface area contributed by atoms with Crippen LogP contribution in [0.3, 0.4) is 0 Å². The zero-order chi connectivity index (χ0) is 20.1. The van der Waals surface area contributed by atoms with Crippen LogP contribution in [0.4, 0.5) is 18.9 Å². The van der Waals surface area contributed by atoms with Crippen molar-refractivity contribution >= 4 is 28.9 Å². The Kier molecular flexibility index (Phi) is 6.30. The summed E-state index contributed by atoms with van der Waals surface area (Å²) in [5.41, 5.74) is 0.703. The van der Waals surface area contributed by atoms with Crippen LogP contribution >= 0.6 is 12.2 Å². The first-order valence-electron chi connectivity index (χ1n) is 8.45. The smallest absolute Gasteiger partial charge is 0.387 e. The van der Waals surface area contributed by atoms with E-state index in [0.717, 1.165) is 0 Å². The molecule has 28 heavy (non-hydrogen) atoms. The number of hydrogen-bond acceptors (Lipinski definition) is 4. The summed E-state index contributed by atoms with van der Waals surface area (Å²) in [6, 6.07) is 10.1. The molecule has 3 rings (SSSR count). The minimum Gasteiger partial charge on any atom is -0.435 e. The van der Waals surface area contributed by atoms with Gasteiger partial charge in [-0.2, -0.15) is 13.2 Å². The molecule has 0 radical (unpaired) electrons. The van der Waals surface area contributed by atoms with E-state index in [9.17, 15) is 18.0 Å². The number of ether oxygens (including phenoxy) is 1. The number of thiocarbonyl (C=S) groups is 1. The van der Waals surface area contributed by atoms with Crippen LogP contribution in [-0.2, 0) is 0 Å². The molecule has 0 spiro atoms. The molecule has 0 unspecified atom stereocenters. The molecule has 1 amide bonds. The fourth-order valence-corrected chi connectivity index (χ4v) is 3.02. The number of halogens is 3. The summed E-state index contributed by atoms with van der Waals surface area (Å²) in [5.74, 6) is -0.961. The van der Waals surface area contributed by atoms with Gasteiger partial charge < -0.3 is 19.9 Å². The van der Waals surface area contributed by atoms with Crippen LogP contribution in [0, 0.1) is 5.95 Å². The largest absolute Gasteiger partial charge is 0.435 e. The maximum Gasteiger partial charge on any atom is 0.387 e. The van der Waals surface area contributed by atoms with Crippen molar-refractivity contribution in [2.75, 3.05) is 31.5 Å². The van der Waals surface area contributed by atoms with Gasteiger partial charge in [0.25, 0.3) is 5.91 Å². The topological polar surface area (TPSA) is 57.7 Å². The Morgan fingerprint density at radius 1 is 1.07 bits per heavy atom. The molecule has 0 aliphatic carbocycles. The summed E-state index contributed by atoms with van der Waals surface area (Å²) < 4.78 is 41.8. The monoisotopic (exact) mass is 410 g/mol. The van der Waals surface area contributed by atoms with Gasteiger partial charge >= 0.3 is 6.61 Å². The molecule has 2 aromatic rings. The lowest BCUT2D eigenvalue weighted by molar-refractivity contribution is -0.0498. The molecule has 1 aromatic carbocycles. The highest BCUT2D eigenvalue weighted by molar-refractivity contribution is 7.80. The predicted octanol–water partition coefficient (Wildman–Crippen LogP) is 2.98. The number of pyridine rings is 1. The number of piperazine rings is 1. The average molecular weight is 410 g/mol. The Labute approximate surface area is 164 Å². The summed E-state index contributed by atoms with van der Waals surface area (Å²) in [6.07, 6.45) is 0. The van der Waals surface area contributed by atoms with Crippen LogP contribution in [0.2, 0.25) is 0 Å². The van der Waals surface area contributed by atoms with E-state index in [0.29, 0.717) is 37.0 Å². The van der Waals surface area contributed by atoms with Crippen LogP contribution in [-0.4, -0.2) is 58.6 Å². The number of carbonyl (C=O) groups excluding carboxylic acids is 1. The Hall–Kier alpha value is -2.88. The molecular formula is C18H17F3N4O2S. The van der Waals surface area contributed by atoms with Crippen molar-refractivity contribution in [1.29, 1.82) is 0 Å². The van der Waals surface area contributed by atoms with Crippen molar-refractivity contribution in [3.05, 3.63) is 54.1 Å². The molecule has 1 aromatic heterocycles. The molecule has 10 heteroatoms. The van der Waals surface area contributed by atoms with Crippen molar-refractivity contribution < 1.29 is 22.7 Å². The standard InChI is InChI=1S/C18H17F3N4O2S/c19-15-3-1-2-14(23-15)16(26)24-8-10-25(11-9-24)18(28)22-12-4-6-13(7-5-12)27-17(20)21/h1-7,17H,8-11H2,(H,22,28). The van der Waals surface area contributed by atoms with E-state index in [1.807, 2.05) is 4.90 Å². The molecule has 1 aliphatic heterocycles. The first-order chi connectivity index (χ1) is 13.4. The van der Waals surface area contributed by atoms with E-state index in [1.54, 1.807) is 17.0 Å². The van der Waals surface area contributed by atoms with Crippen LogP contribution < -0.4 is 10.1 Å². The number of carbonyl (C=O) groups is 1. The maximum atomic E-state index is 13.2. The highest BCUT2D eigenvalue weighted by Gasteiger charge is 2.24. The van der Waals surface area contributed by atoms with Gasteiger partial charge in [0, 0.05) is 31.9 Å². The second-order valence-corrected chi connectivity index (χ2v) is 6.34. The third-order valence-electron chi connectivity index (χ3n) is 4.12. The molecule has 1 fully saturated rings.